The van der Waals surface area contributed by atoms with Gasteiger partial charge in [-0.2, -0.15) is 13.2 Å². The Morgan fingerprint density at radius 2 is 1.81 bits per heavy atom. The number of pyridine rings is 1. The van der Waals surface area contributed by atoms with Crippen LogP contribution in [0, 0.1) is 6.92 Å². The Hall–Kier alpha value is -1.88. The Balaban J connectivity index is 2.11. The van der Waals surface area contributed by atoms with Gasteiger partial charge in [0.05, 0.1) is 12.1 Å². The first-order valence-electron chi connectivity index (χ1n) is 6.71. The molecule has 0 bridgehead atoms. The molecule has 0 saturated heterocycles. The normalized spacial score (nSPS) is 13.1. The molecule has 0 aliphatic carbocycles. The number of alkyl halides is 3. The lowest BCUT2D eigenvalue weighted by atomic mass is 10.0. The van der Waals surface area contributed by atoms with Crippen molar-refractivity contribution in [3.05, 3.63) is 65.5 Å². The summed E-state index contributed by atoms with van der Waals surface area (Å²) in [6, 6.07) is 11.6. The lowest BCUT2D eigenvalue weighted by Crippen LogP contribution is -2.27. The molecule has 5 heteroatoms. The number of aromatic nitrogens is 1. The maximum atomic E-state index is 12.7. The molecule has 0 aliphatic heterocycles. The molecule has 1 unspecified atom stereocenters. The van der Waals surface area contributed by atoms with E-state index in [1.165, 1.54) is 0 Å². The first kappa shape index (κ1) is 15.5. The third-order valence-electron chi connectivity index (χ3n) is 3.27. The van der Waals surface area contributed by atoms with Crippen molar-refractivity contribution in [1.82, 2.24) is 10.3 Å². The zero-order valence-electron chi connectivity index (χ0n) is 11.7. The molecule has 0 radical (unpaired) electrons. The van der Waals surface area contributed by atoms with Crippen LogP contribution in [0.4, 0.5) is 13.2 Å². The molecular weight excluding hydrogens is 277 g/mol. The summed E-state index contributed by atoms with van der Waals surface area (Å²) in [4.78, 5) is 4.20. The molecule has 2 rings (SSSR count). The van der Waals surface area contributed by atoms with Crippen LogP contribution >= 0.6 is 0 Å². The molecule has 0 fully saturated rings. The van der Waals surface area contributed by atoms with Crippen LogP contribution in [0.25, 0.3) is 0 Å². The van der Waals surface area contributed by atoms with E-state index in [4.69, 9.17) is 0 Å². The van der Waals surface area contributed by atoms with Crippen molar-refractivity contribution in [2.45, 2.75) is 32.1 Å². The van der Waals surface area contributed by atoms with Crippen molar-refractivity contribution in [1.29, 1.82) is 0 Å². The number of halogens is 3. The summed E-state index contributed by atoms with van der Waals surface area (Å²) in [6.45, 7) is 2.20. The van der Waals surface area contributed by atoms with Crippen molar-refractivity contribution < 1.29 is 13.2 Å². The van der Waals surface area contributed by atoms with Crippen LogP contribution in [-0.2, 0) is 6.54 Å². The first-order valence-corrected chi connectivity index (χ1v) is 6.71. The Morgan fingerprint density at radius 3 is 2.43 bits per heavy atom. The monoisotopic (exact) mass is 294 g/mol. The van der Waals surface area contributed by atoms with Gasteiger partial charge in [0.25, 0.3) is 0 Å². The molecule has 2 aromatic rings. The van der Waals surface area contributed by atoms with Gasteiger partial charge in [0.2, 0.25) is 0 Å². The molecule has 1 heterocycles. The van der Waals surface area contributed by atoms with E-state index in [0.29, 0.717) is 12.1 Å². The first-order chi connectivity index (χ1) is 9.96. The number of hydrogen-bond acceptors (Lipinski definition) is 2. The van der Waals surface area contributed by atoms with Crippen LogP contribution in [0.2, 0.25) is 0 Å². The fraction of sp³-hybridized carbons (Fsp3) is 0.312. The van der Waals surface area contributed by atoms with Crippen molar-refractivity contribution >= 4 is 0 Å². The van der Waals surface area contributed by atoms with Crippen molar-refractivity contribution in [2.75, 3.05) is 0 Å². The average Bonchev–Trinajstić information content (AvgIpc) is 2.45. The largest absolute Gasteiger partial charge is 0.390 e. The van der Waals surface area contributed by atoms with E-state index in [0.717, 1.165) is 11.3 Å². The van der Waals surface area contributed by atoms with Crippen LogP contribution in [0.1, 0.15) is 29.3 Å². The van der Waals surface area contributed by atoms with Crippen molar-refractivity contribution in [3.8, 4) is 0 Å². The highest BCUT2D eigenvalue weighted by Gasteiger charge is 2.32. The smallest absolute Gasteiger partial charge is 0.304 e. The van der Waals surface area contributed by atoms with Gasteiger partial charge >= 0.3 is 6.18 Å². The maximum Gasteiger partial charge on any atom is 0.390 e. The standard InChI is InChI=1S/C16H17F3N2/c1-12-6-5-9-20-15(12)11-21-14(10-16(17,18)19)13-7-3-2-4-8-13/h2-9,14,21H,10-11H2,1H3. The second-order valence-electron chi connectivity index (χ2n) is 4.93. The second-order valence-corrected chi connectivity index (χ2v) is 4.93. The fourth-order valence-corrected chi connectivity index (χ4v) is 2.15. The molecule has 0 saturated carbocycles. The minimum absolute atomic E-state index is 0.308. The summed E-state index contributed by atoms with van der Waals surface area (Å²) in [5, 5.41) is 2.97. The number of nitrogens with zero attached hydrogens (tertiary/aromatic N) is 1. The summed E-state index contributed by atoms with van der Waals surface area (Å²) >= 11 is 0. The quantitative estimate of drug-likeness (QED) is 0.895. The zero-order valence-corrected chi connectivity index (χ0v) is 11.7. The van der Waals surface area contributed by atoms with E-state index in [1.807, 2.05) is 19.1 Å². The zero-order chi connectivity index (χ0) is 15.3. The molecule has 2 nitrogen and oxygen atoms in total. The van der Waals surface area contributed by atoms with Gasteiger partial charge in [0.1, 0.15) is 0 Å². The highest BCUT2D eigenvalue weighted by atomic mass is 19.4. The van der Waals surface area contributed by atoms with E-state index in [2.05, 4.69) is 10.3 Å². The molecule has 0 aliphatic rings. The second kappa shape index (κ2) is 6.72. The van der Waals surface area contributed by atoms with Gasteiger partial charge < -0.3 is 5.32 Å². The highest BCUT2D eigenvalue weighted by Crippen LogP contribution is 2.29. The van der Waals surface area contributed by atoms with Gasteiger partial charge in [-0.15, -0.1) is 0 Å². The van der Waals surface area contributed by atoms with Gasteiger partial charge in [0, 0.05) is 18.8 Å². The summed E-state index contributed by atoms with van der Waals surface area (Å²) in [6.07, 6.45) is -3.47. The van der Waals surface area contributed by atoms with Crippen LogP contribution < -0.4 is 5.32 Å². The van der Waals surface area contributed by atoms with Crippen molar-refractivity contribution in [2.24, 2.45) is 0 Å². The fourth-order valence-electron chi connectivity index (χ4n) is 2.15. The van der Waals surface area contributed by atoms with Crippen molar-refractivity contribution in [3.63, 3.8) is 0 Å². The Kier molecular flexibility index (Phi) is 4.96. The summed E-state index contributed by atoms with van der Waals surface area (Å²) in [5.74, 6) is 0. The number of hydrogen-bond donors (Lipinski definition) is 1. The molecule has 1 aromatic heterocycles. The third-order valence-corrected chi connectivity index (χ3v) is 3.27. The summed E-state index contributed by atoms with van der Waals surface area (Å²) in [7, 11) is 0. The number of aryl methyl sites for hydroxylation is 1. The SMILES string of the molecule is Cc1cccnc1CNC(CC(F)(F)F)c1ccccc1. The number of rotatable bonds is 5. The molecule has 0 amide bonds. The third kappa shape index (κ3) is 4.86. The Labute approximate surface area is 122 Å². The van der Waals surface area contributed by atoms with Crippen LogP contribution in [0.5, 0.6) is 0 Å². The molecule has 1 atom stereocenters. The molecule has 112 valence electrons. The van der Waals surface area contributed by atoms with Crippen LogP contribution in [0.15, 0.2) is 48.7 Å². The average molecular weight is 294 g/mol. The Bertz CT molecular complexity index is 567. The molecule has 1 aromatic carbocycles. The van der Waals surface area contributed by atoms with E-state index < -0.39 is 18.6 Å². The number of benzene rings is 1. The van der Waals surface area contributed by atoms with Crippen LogP contribution in [-0.4, -0.2) is 11.2 Å². The molecular formula is C16H17F3N2. The van der Waals surface area contributed by atoms with E-state index in [1.54, 1.807) is 36.5 Å². The Morgan fingerprint density at radius 1 is 1.10 bits per heavy atom. The van der Waals surface area contributed by atoms with Gasteiger partial charge in [-0.1, -0.05) is 36.4 Å². The molecule has 21 heavy (non-hydrogen) atoms. The van der Waals surface area contributed by atoms with E-state index >= 15 is 0 Å². The lowest BCUT2D eigenvalue weighted by molar-refractivity contribution is -0.140. The molecule has 1 N–H and O–H groups in total. The minimum atomic E-state index is -4.22. The predicted octanol–water partition coefficient (Wildman–Crippen LogP) is 4.17. The maximum absolute atomic E-state index is 12.7. The lowest BCUT2D eigenvalue weighted by Gasteiger charge is -2.21. The number of nitrogens with one attached hydrogen (secondary N) is 1. The van der Waals surface area contributed by atoms with Gasteiger partial charge in [-0.3, -0.25) is 4.98 Å². The molecule has 0 spiro atoms. The van der Waals surface area contributed by atoms with E-state index in [9.17, 15) is 13.2 Å². The van der Waals surface area contributed by atoms with Gasteiger partial charge in [-0.25, -0.2) is 0 Å². The summed E-state index contributed by atoms with van der Waals surface area (Å²) in [5.41, 5.74) is 2.35. The predicted molar refractivity (Wildman–Crippen MR) is 75.7 cm³/mol. The van der Waals surface area contributed by atoms with Crippen LogP contribution in [0.3, 0.4) is 0 Å². The topological polar surface area (TPSA) is 24.9 Å². The van der Waals surface area contributed by atoms with Gasteiger partial charge in [0.15, 0.2) is 0 Å². The van der Waals surface area contributed by atoms with Gasteiger partial charge in [-0.05, 0) is 24.1 Å². The highest BCUT2D eigenvalue weighted by molar-refractivity contribution is 5.21. The summed E-state index contributed by atoms with van der Waals surface area (Å²) < 4.78 is 38.2. The minimum Gasteiger partial charge on any atom is -0.304 e. The van der Waals surface area contributed by atoms with E-state index in [-0.39, 0.29) is 0 Å².